The summed E-state index contributed by atoms with van der Waals surface area (Å²) in [6, 6.07) is 70.2. The van der Waals surface area contributed by atoms with Crippen LogP contribution >= 0.6 is 0 Å². The molecule has 0 aliphatic rings. The third kappa shape index (κ3) is 25.6. The van der Waals surface area contributed by atoms with Crippen LogP contribution in [0.2, 0.25) is 0 Å². The van der Waals surface area contributed by atoms with Crippen molar-refractivity contribution < 1.29 is 43.3 Å². The van der Waals surface area contributed by atoms with Gasteiger partial charge in [0.05, 0.1) is 45.6 Å². The quantitative estimate of drug-likeness (QED) is 0.00602. The van der Waals surface area contributed by atoms with E-state index >= 15 is 0 Å². The van der Waals surface area contributed by atoms with Crippen molar-refractivity contribution in [1.82, 2.24) is 26.1 Å². The molecule has 13 N–H and O–H groups in total. The number of nitrogens with two attached hydrogens (primary N) is 3. The Morgan fingerprint density at radius 1 is 0.469 bits per heavy atom. The van der Waals surface area contributed by atoms with Gasteiger partial charge in [-0.25, -0.2) is 16.0 Å². The normalized spacial score (nSPS) is 11.7. The lowest BCUT2D eigenvalue weighted by molar-refractivity contribution is -0.144. The van der Waals surface area contributed by atoms with Crippen LogP contribution in [0.3, 0.4) is 0 Å². The zero-order valence-electron chi connectivity index (χ0n) is 53.3. The summed E-state index contributed by atoms with van der Waals surface area (Å²) in [7, 11) is 0. The Hall–Kier alpha value is -12.1. The highest BCUT2D eigenvalue weighted by atomic mass is 16.5. The average molecular weight is 1300 g/mol. The summed E-state index contributed by atoms with van der Waals surface area (Å²) < 4.78 is 10.2. The van der Waals surface area contributed by atoms with Gasteiger partial charge in [-0.2, -0.15) is 5.53 Å². The van der Waals surface area contributed by atoms with Gasteiger partial charge in [0.1, 0.15) is 0 Å². The molecule has 0 spiro atoms. The fourth-order valence-electron chi connectivity index (χ4n) is 9.72. The number of nitrogens with zero attached hydrogens (tertiary/aromatic N) is 6. The highest BCUT2D eigenvalue weighted by Gasteiger charge is 2.25. The van der Waals surface area contributed by atoms with Crippen LogP contribution in [0.25, 0.3) is 33.4 Å². The molecule has 0 saturated carbocycles. The zero-order chi connectivity index (χ0) is 69.0. The number of carbonyl (C=O) groups excluding carboxylic acids is 5. The fraction of sp³-hybridized carbons (Fsp3) is 0.208. The van der Waals surface area contributed by atoms with Gasteiger partial charge in [-0.15, -0.1) is 10.2 Å². The monoisotopic (exact) mass is 1300 g/mol. The standard InChI is InChI=1S/C27H29N5O3.C27H31N5O3.C18H19N5O3/c1-2-35-25(33)18-24(17-20-13-15-23(16-14-20)22-11-7-4-8-12-22)30-27(34)26(28)32(31-29)19-21-9-5-3-6-10-21;1-2-35-25(33)18-24(17-20-13-15-23(16-14-20)22-11-7-4-8-12-22)30-27(34)26(28)31-32(29)19-21-9-5-3-6-10-21;19-17(22-23-20)18(26)21-15(11-16(24)25)10-12-6-8-14(9-7-12)13-4-2-1-3-5-13/h3-16,24,28-29H,2,17-19H2,1H3,(H,30,34);3-16,24H,2,17-19,29H2,1H3,(H2,28,31)(H,30,34);1-9,15H,10-11H2,(H,21,26)(H,24,25)(H3,19,20,22)/t2*24-;15-/m111/s1. The van der Waals surface area contributed by atoms with Crippen molar-refractivity contribution in [2.45, 2.75) is 83.6 Å². The Morgan fingerprint density at radius 2 is 0.802 bits per heavy atom. The highest BCUT2D eigenvalue weighted by molar-refractivity contribution is 6.37. The van der Waals surface area contributed by atoms with E-state index in [-0.39, 0.29) is 51.4 Å². The zero-order valence-corrected chi connectivity index (χ0v) is 53.3. The number of aliphatic carboxylic acids is 1. The minimum Gasteiger partial charge on any atom is -0.481 e. The molecule has 0 heterocycles. The number of amidine groups is 3. The number of hydrogen-bond acceptors (Lipinski definition) is 16. The van der Waals surface area contributed by atoms with E-state index in [1.165, 1.54) is 0 Å². The Kier molecular flexibility index (Phi) is 29.9. The van der Waals surface area contributed by atoms with Gasteiger partial charge in [0.2, 0.25) is 17.5 Å². The van der Waals surface area contributed by atoms with Gasteiger partial charge in [-0.3, -0.25) is 39.6 Å². The molecule has 0 aromatic heterocycles. The molecular formula is C72H79N15O9. The highest BCUT2D eigenvalue weighted by Crippen LogP contribution is 2.23. The number of hydrazine groups is 1. The number of carbonyl (C=O) groups is 6. The van der Waals surface area contributed by atoms with Crippen molar-refractivity contribution in [3.8, 4) is 33.4 Å². The molecule has 0 aliphatic carbocycles. The number of amides is 3. The molecular weight excluding hydrogens is 1220 g/mol. The summed E-state index contributed by atoms with van der Waals surface area (Å²) in [6.07, 6.45) is 0.792. The third-order valence-corrected chi connectivity index (χ3v) is 14.3. The molecule has 0 aliphatic heterocycles. The second-order valence-electron chi connectivity index (χ2n) is 21.6. The molecule has 3 amide bonds. The summed E-state index contributed by atoms with van der Waals surface area (Å²) in [5.74, 6) is 5.21. The maximum atomic E-state index is 12.8. The summed E-state index contributed by atoms with van der Waals surface area (Å²) in [5, 5.41) is 48.1. The van der Waals surface area contributed by atoms with Crippen LogP contribution in [0.1, 0.15) is 60.9 Å². The number of nitrogens with one attached hydrogen (secondary N) is 6. The first kappa shape index (κ1) is 73.0. The van der Waals surface area contributed by atoms with E-state index in [9.17, 15) is 28.8 Å². The van der Waals surface area contributed by atoms with Crippen LogP contribution in [-0.4, -0.2) is 99.7 Å². The first-order valence-electron chi connectivity index (χ1n) is 30.7. The number of carboxylic acids is 1. The molecule has 8 rings (SSSR count). The predicted octanol–water partition coefficient (Wildman–Crippen LogP) is 9.90. The lowest BCUT2D eigenvalue weighted by Crippen LogP contribution is -2.46. The largest absolute Gasteiger partial charge is 0.481 e. The number of benzene rings is 8. The molecule has 0 saturated heterocycles. The van der Waals surface area contributed by atoms with Crippen molar-refractivity contribution >= 4 is 53.1 Å². The smallest absolute Gasteiger partial charge is 0.307 e. The van der Waals surface area contributed by atoms with Gasteiger partial charge in [0, 0.05) is 18.1 Å². The summed E-state index contributed by atoms with van der Waals surface area (Å²) in [5.41, 5.74) is 24.3. The van der Waals surface area contributed by atoms with Gasteiger partial charge in [0.15, 0.2) is 0 Å². The molecule has 8 aromatic carbocycles. The van der Waals surface area contributed by atoms with E-state index in [2.05, 4.69) is 36.6 Å². The summed E-state index contributed by atoms with van der Waals surface area (Å²) >= 11 is 0. The number of ether oxygens (including phenoxy) is 2. The molecule has 0 unspecified atom stereocenters. The van der Waals surface area contributed by atoms with Gasteiger partial charge in [-0.1, -0.05) is 235 Å². The molecule has 496 valence electrons. The SMILES string of the molecule is CCOC(=O)C[C@@H](Cc1ccc(-c2ccccc2)cc1)NC(=O)/C(N)=N/N(N)Cc1ccccc1.CCOC(=O)C[C@@H](Cc1ccc(-c2ccccc2)cc1)NC(=O)C(=N)N(Cc1ccccc1)N=N.N=C(N=NN)C(=O)N[C@@H](CC(=O)O)Cc1ccc(-c2ccccc2)cc1. The lowest BCUT2D eigenvalue weighted by Gasteiger charge is -2.22. The van der Waals surface area contributed by atoms with Crippen LogP contribution in [0.5, 0.6) is 0 Å². The summed E-state index contributed by atoms with van der Waals surface area (Å²) in [6.45, 7) is 4.36. The number of esters is 2. The van der Waals surface area contributed by atoms with Crippen molar-refractivity contribution in [3.63, 3.8) is 0 Å². The fourth-order valence-corrected chi connectivity index (χ4v) is 9.72. The molecule has 0 bridgehead atoms. The number of carboxylic acid groups (broad SMARTS) is 1. The minimum atomic E-state index is -1.05. The van der Waals surface area contributed by atoms with E-state index in [1.807, 2.05) is 224 Å². The van der Waals surface area contributed by atoms with Crippen LogP contribution in [0, 0.1) is 16.3 Å². The van der Waals surface area contributed by atoms with Crippen LogP contribution < -0.4 is 33.4 Å². The number of hydrogen-bond donors (Lipinski definition) is 10. The number of hydrazone groups is 1. The minimum absolute atomic E-state index is 0.00362. The molecule has 96 heavy (non-hydrogen) atoms. The van der Waals surface area contributed by atoms with E-state index in [0.29, 0.717) is 19.3 Å². The average Bonchev–Trinajstić information content (AvgIpc) is 2.29. The van der Waals surface area contributed by atoms with Crippen molar-refractivity contribution in [3.05, 3.63) is 252 Å². The summed E-state index contributed by atoms with van der Waals surface area (Å²) in [4.78, 5) is 72.7. The maximum absolute atomic E-state index is 12.8. The molecule has 24 heteroatoms. The van der Waals surface area contributed by atoms with Crippen LogP contribution in [-0.2, 0) is 70.6 Å². The second kappa shape index (κ2) is 39.4. The first-order chi connectivity index (χ1) is 46.4. The van der Waals surface area contributed by atoms with Crippen LogP contribution in [0.4, 0.5) is 0 Å². The van der Waals surface area contributed by atoms with Gasteiger partial charge in [0.25, 0.3) is 17.7 Å². The Bertz CT molecular complexity index is 3850. The van der Waals surface area contributed by atoms with E-state index < -0.39 is 65.4 Å². The third-order valence-electron chi connectivity index (χ3n) is 14.3. The molecule has 0 radical (unpaired) electrons. The lowest BCUT2D eigenvalue weighted by atomic mass is 9.99. The van der Waals surface area contributed by atoms with E-state index in [0.717, 1.165) is 71.3 Å². The van der Waals surface area contributed by atoms with Crippen molar-refractivity contribution in [2.24, 2.45) is 38.1 Å². The predicted molar refractivity (Wildman–Crippen MR) is 367 cm³/mol. The van der Waals surface area contributed by atoms with Crippen molar-refractivity contribution in [1.29, 1.82) is 16.3 Å². The molecule has 0 fully saturated rings. The van der Waals surface area contributed by atoms with Crippen molar-refractivity contribution in [2.75, 3.05) is 13.2 Å². The van der Waals surface area contributed by atoms with Crippen LogP contribution in [0.15, 0.2) is 245 Å². The Labute approximate surface area is 557 Å². The molecule has 3 atom stereocenters. The van der Waals surface area contributed by atoms with E-state index in [1.54, 1.807) is 13.8 Å². The van der Waals surface area contributed by atoms with E-state index in [4.69, 9.17) is 48.3 Å². The topological polar surface area (TPSA) is 383 Å². The first-order valence-corrected chi connectivity index (χ1v) is 30.7. The maximum Gasteiger partial charge on any atom is 0.307 e. The number of rotatable bonds is 26. The van der Waals surface area contributed by atoms with Gasteiger partial charge in [-0.05, 0) is 94.3 Å². The Balaban J connectivity index is 0.000000231. The molecule has 24 nitrogen and oxygen atoms in total. The van der Waals surface area contributed by atoms with Gasteiger partial charge < -0.3 is 42.1 Å². The Morgan fingerprint density at radius 3 is 1.16 bits per heavy atom. The van der Waals surface area contributed by atoms with Gasteiger partial charge >= 0.3 is 17.9 Å². The second-order valence-corrected chi connectivity index (χ2v) is 21.6. The molecule has 8 aromatic rings.